The third kappa shape index (κ3) is 6.78. The molecule has 8 nitrogen and oxygen atoms in total. The van der Waals surface area contributed by atoms with E-state index >= 15 is 0 Å². The highest BCUT2D eigenvalue weighted by atomic mass is 31.1. The summed E-state index contributed by atoms with van der Waals surface area (Å²) >= 11 is 0. The molecule has 0 amide bonds. The van der Waals surface area contributed by atoms with Gasteiger partial charge in [-0.2, -0.15) is 4.67 Å². The lowest BCUT2D eigenvalue weighted by Crippen LogP contribution is -2.19. The molecule has 2 aromatic carbocycles. The van der Waals surface area contributed by atoms with Gasteiger partial charge in [-0.25, -0.2) is 5.26 Å². The van der Waals surface area contributed by atoms with E-state index in [1.54, 1.807) is 24.3 Å². The van der Waals surface area contributed by atoms with Crippen LogP contribution < -0.4 is 0 Å². The summed E-state index contributed by atoms with van der Waals surface area (Å²) in [6.07, 6.45) is 3.69. The smallest absolute Gasteiger partial charge is 0.224 e. The van der Waals surface area contributed by atoms with E-state index in [0.717, 1.165) is 17.2 Å². The Morgan fingerprint density at radius 1 is 1.06 bits per heavy atom. The van der Waals surface area contributed by atoms with Gasteiger partial charge in [-0.3, -0.25) is 9.13 Å². The van der Waals surface area contributed by atoms with Crippen LogP contribution in [0.25, 0.3) is 6.08 Å². The van der Waals surface area contributed by atoms with Gasteiger partial charge in [-0.05, 0) is 53.8 Å². The molecule has 10 heteroatoms. The molecule has 0 spiro atoms. The van der Waals surface area contributed by atoms with E-state index in [1.165, 1.54) is 12.1 Å². The molecule has 2 rings (SSSR count). The maximum absolute atomic E-state index is 11.3. The molecule has 0 saturated heterocycles. The number of phenolic OH excluding ortho intramolecular Hbond substituents is 2. The highest BCUT2D eigenvalue weighted by Gasteiger charge is 2.25. The van der Waals surface area contributed by atoms with Crippen LogP contribution in [-0.2, 0) is 25.6 Å². The molecule has 0 heterocycles. The Labute approximate surface area is 182 Å². The van der Waals surface area contributed by atoms with Gasteiger partial charge >= 0.3 is 0 Å². The van der Waals surface area contributed by atoms with Gasteiger partial charge in [0.2, 0.25) is 16.1 Å². The summed E-state index contributed by atoms with van der Waals surface area (Å²) in [4.78, 5) is 8.98. The lowest BCUT2D eigenvalue weighted by atomic mass is 9.77. The molecule has 0 aromatic heterocycles. The second-order valence-electron chi connectivity index (χ2n) is 7.70. The lowest BCUT2D eigenvalue weighted by Gasteiger charge is -2.27. The number of hydrogen-bond donors (Lipinski definition) is 5. The molecular weight excluding hydrogens is 442 g/mol. The molecule has 0 aliphatic heterocycles. The molecule has 0 aliphatic carbocycles. The first-order valence-corrected chi connectivity index (χ1v) is 12.6. The molecule has 0 radical (unpaired) electrons. The van der Waals surface area contributed by atoms with Crippen molar-refractivity contribution in [3.63, 3.8) is 0 Å². The summed E-state index contributed by atoms with van der Waals surface area (Å²) in [5.74, 6) is -1.41. The average Bonchev–Trinajstić information content (AvgIpc) is 2.73. The van der Waals surface area contributed by atoms with Crippen LogP contribution in [0.2, 0.25) is 0 Å². The first-order valence-electron chi connectivity index (χ1n) is 9.65. The Hall–Kier alpha value is -1.92. The molecule has 170 valence electrons. The number of aryl methyl sites for hydroxylation is 1. The Balaban J connectivity index is 2.32. The molecule has 2 aromatic rings. The maximum atomic E-state index is 11.3. The van der Waals surface area contributed by atoms with Crippen LogP contribution in [0.15, 0.2) is 42.5 Å². The van der Waals surface area contributed by atoms with E-state index in [9.17, 15) is 24.4 Å². The average molecular weight is 470 g/mol. The van der Waals surface area contributed by atoms with Crippen LogP contribution in [0.5, 0.6) is 11.5 Å². The predicted octanol–water partition coefficient (Wildman–Crippen LogP) is 4.12. The molecule has 0 bridgehead atoms. The van der Waals surface area contributed by atoms with Crippen molar-refractivity contribution in [3.05, 3.63) is 64.7 Å². The summed E-state index contributed by atoms with van der Waals surface area (Å²) in [5, 5.41) is 38.2. The number of aliphatic hydroxyl groups is 1. The second-order valence-corrected chi connectivity index (χ2v) is 10.4. The Bertz CT molecular complexity index is 987. The topological polar surface area (TPSA) is 145 Å². The number of rotatable bonds is 10. The molecule has 5 N–H and O–H groups in total. The minimum atomic E-state index is -3.12. The van der Waals surface area contributed by atoms with Crippen molar-refractivity contribution in [3.8, 4) is 11.5 Å². The standard InChI is InChI=1S/C21H28O8P2/c1-21(2,16-6-8-18(22)14(12-16)4-3-11-30(26)29-25)17-7-9-19(23)15(13-17)5-10-20(24)31(27)28/h5-10,12-13,20,22-25,30-31H,3-4,11H2,1-2H3,(H,27,28)/b10-5-. The van der Waals surface area contributed by atoms with Crippen LogP contribution in [-0.4, -0.2) is 37.5 Å². The van der Waals surface area contributed by atoms with Crippen molar-refractivity contribution < 1.29 is 39.3 Å². The minimum Gasteiger partial charge on any atom is -0.508 e. The zero-order valence-electron chi connectivity index (χ0n) is 17.3. The highest BCUT2D eigenvalue weighted by Crippen LogP contribution is 2.37. The maximum Gasteiger partial charge on any atom is 0.224 e. The third-order valence-electron chi connectivity index (χ3n) is 5.19. The molecule has 31 heavy (non-hydrogen) atoms. The first-order chi connectivity index (χ1) is 14.6. The zero-order chi connectivity index (χ0) is 23.2. The van der Waals surface area contributed by atoms with E-state index in [4.69, 9.17) is 10.2 Å². The van der Waals surface area contributed by atoms with Gasteiger partial charge in [0.05, 0.1) is 0 Å². The molecule has 0 saturated carbocycles. The fourth-order valence-electron chi connectivity index (χ4n) is 3.16. The van der Waals surface area contributed by atoms with E-state index in [0.29, 0.717) is 24.0 Å². The highest BCUT2D eigenvalue weighted by molar-refractivity contribution is 7.39. The normalized spacial score (nSPS) is 15.1. The summed E-state index contributed by atoms with van der Waals surface area (Å²) in [5.41, 5.74) is 2.28. The molecule has 0 fully saturated rings. The summed E-state index contributed by atoms with van der Waals surface area (Å²) in [7, 11) is -5.60. The largest absolute Gasteiger partial charge is 0.508 e. The quantitative estimate of drug-likeness (QED) is 0.198. The van der Waals surface area contributed by atoms with E-state index in [1.807, 2.05) is 19.9 Å². The third-order valence-corrected chi connectivity index (χ3v) is 6.85. The number of phenols is 2. The van der Waals surface area contributed by atoms with Crippen LogP contribution in [0.1, 0.15) is 42.5 Å². The number of hydrogen-bond acceptors (Lipinski definition) is 7. The summed E-state index contributed by atoms with van der Waals surface area (Å²) in [6, 6.07) is 10.2. The van der Waals surface area contributed by atoms with Gasteiger partial charge in [0.25, 0.3) is 0 Å². The van der Waals surface area contributed by atoms with Crippen LogP contribution >= 0.6 is 16.1 Å². The Kier molecular flexibility index (Phi) is 9.07. The van der Waals surface area contributed by atoms with Gasteiger partial charge < -0.3 is 20.2 Å². The fourth-order valence-corrected chi connectivity index (χ4v) is 3.98. The van der Waals surface area contributed by atoms with Crippen molar-refractivity contribution in [2.24, 2.45) is 0 Å². The van der Waals surface area contributed by atoms with E-state index in [2.05, 4.69) is 4.67 Å². The summed E-state index contributed by atoms with van der Waals surface area (Å²) < 4.78 is 26.1. The lowest BCUT2D eigenvalue weighted by molar-refractivity contribution is -0.130. The number of aliphatic hydroxyl groups excluding tert-OH is 1. The van der Waals surface area contributed by atoms with Gasteiger partial charge in [-0.15, -0.1) is 0 Å². The monoisotopic (exact) mass is 470 g/mol. The second kappa shape index (κ2) is 11.1. The zero-order valence-corrected chi connectivity index (χ0v) is 19.3. The van der Waals surface area contributed by atoms with Crippen LogP contribution in [0, 0.1) is 0 Å². The fraction of sp³-hybridized carbons (Fsp3) is 0.333. The van der Waals surface area contributed by atoms with Crippen LogP contribution in [0.4, 0.5) is 0 Å². The number of aromatic hydroxyl groups is 2. The minimum absolute atomic E-state index is 0.0340. The molecule has 3 atom stereocenters. The van der Waals surface area contributed by atoms with Crippen molar-refractivity contribution in [1.82, 2.24) is 0 Å². The SMILES string of the molecule is CC(C)(c1ccc(O)c(/C=C\C(O)[PH](=O)O)c1)c1ccc(O)c(CCC[PH](=O)OO)c1. The molecular formula is C21H28O8P2. The predicted molar refractivity (Wildman–Crippen MR) is 121 cm³/mol. The first kappa shape index (κ1) is 25.3. The molecule has 0 aliphatic rings. The molecule has 3 unspecified atom stereocenters. The Morgan fingerprint density at radius 2 is 1.68 bits per heavy atom. The van der Waals surface area contributed by atoms with Gasteiger partial charge in [0, 0.05) is 17.1 Å². The number of benzene rings is 2. The van der Waals surface area contributed by atoms with Crippen LogP contribution in [0.3, 0.4) is 0 Å². The Morgan fingerprint density at radius 3 is 2.29 bits per heavy atom. The van der Waals surface area contributed by atoms with Crippen molar-refractivity contribution >= 4 is 22.1 Å². The van der Waals surface area contributed by atoms with E-state index < -0.39 is 27.3 Å². The summed E-state index contributed by atoms with van der Waals surface area (Å²) in [6.45, 7) is 3.95. The van der Waals surface area contributed by atoms with Crippen molar-refractivity contribution in [1.29, 1.82) is 0 Å². The van der Waals surface area contributed by atoms with Crippen molar-refractivity contribution in [2.45, 2.75) is 37.9 Å². The van der Waals surface area contributed by atoms with Gasteiger partial charge in [0.15, 0.2) is 0 Å². The van der Waals surface area contributed by atoms with Crippen molar-refractivity contribution in [2.75, 3.05) is 6.16 Å². The van der Waals surface area contributed by atoms with Gasteiger partial charge in [0.1, 0.15) is 17.3 Å². The van der Waals surface area contributed by atoms with E-state index in [-0.39, 0.29) is 17.7 Å². The van der Waals surface area contributed by atoms with Gasteiger partial charge in [-0.1, -0.05) is 38.1 Å².